The highest BCUT2D eigenvalue weighted by molar-refractivity contribution is 8.00. The van der Waals surface area contributed by atoms with Gasteiger partial charge in [-0.3, -0.25) is 4.79 Å². The molecule has 1 aliphatic rings. The van der Waals surface area contributed by atoms with Crippen molar-refractivity contribution in [1.29, 1.82) is 0 Å². The second-order valence-electron chi connectivity index (χ2n) is 6.53. The fourth-order valence-corrected chi connectivity index (χ4v) is 3.97. The number of piperazine rings is 1. The Kier molecular flexibility index (Phi) is 6.58. The summed E-state index contributed by atoms with van der Waals surface area (Å²) in [5.74, 6) is 0.0307. The average molecular weight is 370 g/mol. The molecule has 4 nitrogen and oxygen atoms in total. The Labute approximate surface area is 160 Å². The molecule has 1 atom stereocenters. The van der Waals surface area contributed by atoms with Crippen LogP contribution in [-0.2, 0) is 4.79 Å². The summed E-state index contributed by atoms with van der Waals surface area (Å²) >= 11 is 1.57. The van der Waals surface area contributed by atoms with Gasteiger partial charge in [0.15, 0.2) is 0 Å². The minimum absolute atomic E-state index is 0.0307. The van der Waals surface area contributed by atoms with E-state index in [1.54, 1.807) is 11.8 Å². The van der Waals surface area contributed by atoms with Crippen molar-refractivity contribution in [2.75, 3.05) is 42.9 Å². The topological polar surface area (TPSA) is 35.6 Å². The maximum atomic E-state index is 12.4. The quantitative estimate of drug-likeness (QED) is 0.782. The predicted molar refractivity (Wildman–Crippen MR) is 111 cm³/mol. The van der Waals surface area contributed by atoms with Gasteiger partial charge in [0.05, 0.1) is 5.25 Å². The second kappa shape index (κ2) is 9.10. The third kappa shape index (κ3) is 5.02. The number of hydrogen-bond acceptors (Lipinski definition) is 4. The van der Waals surface area contributed by atoms with Crippen LogP contribution in [0.15, 0.2) is 59.5 Å². The van der Waals surface area contributed by atoms with Crippen LogP contribution in [0.1, 0.15) is 13.8 Å². The van der Waals surface area contributed by atoms with Crippen LogP contribution < -0.4 is 10.2 Å². The highest BCUT2D eigenvalue weighted by Gasteiger charge is 2.17. The van der Waals surface area contributed by atoms with E-state index in [-0.39, 0.29) is 11.2 Å². The molecule has 5 heteroatoms. The van der Waals surface area contributed by atoms with Crippen molar-refractivity contribution in [1.82, 2.24) is 4.90 Å². The third-order valence-electron chi connectivity index (χ3n) is 4.74. The first kappa shape index (κ1) is 18.8. The standard InChI is InChI=1S/C21H27N3OS/c1-3-23-13-15-24(16-14-23)19-11-9-18(10-12-19)22-21(25)17(2)26-20-7-5-4-6-8-20/h4-12,17H,3,13-16H2,1-2H3,(H,22,25)/t17-/m0/s1. The zero-order chi connectivity index (χ0) is 18.4. The van der Waals surface area contributed by atoms with E-state index in [9.17, 15) is 4.79 Å². The summed E-state index contributed by atoms with van der Waals surface area (Å²) in [5, 5.41) is 2.88. The van der Waals surface area contributed by atoms with E-state index < -0.39 is 0 Å². The van der Waals surface area contributed by atoms with E-state index in [1.807, 2.05) is 49.4 Å². The van der Waals surface area contributed by atoms with Crippen LogP contribution in [0.4, 0.5) is 11.4 Å². The van der Waals surface area contributed by atoms with Crippen molar-refractivity contribution in [2.45, 2.75) is 24.0 Å². The van der Waals surface area contributed by atoms with Crippen LogP contribution in [0, 0.1) is 0 Å². The van der Waals surface area contributed by atoms with Gasteiger partial charge in [-0.25, -0.2) is 0 Å². The lowest BCUT2D eigenvalue weighted by molar-refractivity contribution is -0.115. The monoisotopic (exact) mass is 369 g/mol. The van der Waals surface area contributed by atoms with Crippen molar-refractivity contribution in [2.24, 2.45) is 0 Å². The molecular weight excluding hydrogens is 342 g/mol. The molecule has 1 fully saturated rings. The molecule has 1 amide bonds. The zero-order valence-corrected chi connectivity index (χ0v) is 16.3. The molecule has 2 aromatic rings. The number of anilines is 2. The number of benzene rings is 2. The first-order valence-corrected chi connectivity index (χ1v) is 10.1. The van der Waals surface area contributed by atoms with Crippen LogP contribution in [0.2, 0.25) is 0 Å². The Hall–Kier alpha value is -1.98. The van der Waals surface area contributed by atoms with Crippen molar-refractivity contribution in [3.8, 4) is 0 Å². The van der Waals surface area contributed by atoms with Gasteiger partial charge in [0.25, 0.3) is 0 Å². The summed E-state index contributed by atoms with van der Waals surface area (Å²) in [4.78, 5) is 18.4. The largest absolute Gasteiger partial charge is 0.369 e. The lowest BCUT2D eigenvalue weighted by Gasteiger charge is -2.35. The molecule has 0 saturated carbocycles. The summed E-state index contributed by atoms with van der Waals surface area (Å²) in [5.41, 5.74) is 2.08. The molecule has 0 aromatic heterocycles. The SMILES string of the molecule is CCN1CCN(c2ccc(NC(=O)[C@H](C)Sc3ccccc3)cc2)CC1. The summed E-state index contributed by atoms with van der Waals surface area (Å²) in [6.45, 7) is 9.62. The number of rotatable bonds is 6. The van der Waals surface area contributed by atoms with E-state index in [2.05, 4.69) is 34.2 Å². The van der Waals surface area contributed by atoms with Crippen LogP contribution in [0.5, 0.6) is 0 Å². The Morgan fingerprint density at radius 2 is 1.69 bits per heavy atom. The number of hydrogen-bond donors (Lipinski definition) is 1. The van der Waals surface area contributed by atoms with Gasteiger partial charge in [0.1, 0.15) is 0 Å². The van der Waals surface area contributed by atoms with Gasteiger partial charge in [-0.2, -0.15) is 0 Å². The number of nitrogens with zero attached hydrogens (tertiary/aromatic N) is 2. The number of nitrogens with one attached hydrogen (secondary N) is 1. The van der Waals surface area contributed by atoms with Gasteiger partial charge < -0.3 is 15.1 Å². The molecule has 1 saturated heterocycles. The lowest BCUT2D eigenvalue weighted by atomic mass is 10.2. The molecule has 0 spiro atoms. The van der Waals surface area contributed by atoms with E-state index in [0.29, 0.717) is 0 Å². The predicted octanol–water partition coefficient (Wildman–Crippen LogP) is 3.95. The smallest absolute Gasteiger partial charge is 0.237 e. The first-order valence-electron chi connectivity index (χ1n) is 9.25. The molecule has 3 rings (SSSR count). The summed E-state index contributed by atoms with van der Waals surface area (Å²) in [6.07, 6.45) is 0. The second-order valence-corrected chi connectivity index (χ2v) is 7.94. The number of likely N-dealkylation sites (N-methyl/N-ethyl adjacent to an activating group) is 1. The van der Waals surface area contributed by atoms with Crippen LogP contribution in [0.3, 0.4) is 0 Å². The van der Waals surface area contributed by atoms with Crippen molar-refractivity contribution >= 4 is 29.0 Å². The fourth-order valence-electron chi connectivity index (χ4n) is 3.08. The van der Waals surface area contributed by atoms with Gasteiger partial charge >= 0.3 is 0 Å². The Balaban J connectivity index is 1.53. The Morgan fingerprint density at radius 1 is 1.04 bits per heavy atom. The molecule has 26 heavy (non-hydrogen) atoms. The fraction of sp³-hybridized carbons (Fsp3) is 0.381. The molecule has 0 radical (unpaired) electrons. The van der Waals surface area contributed by atoms with E-state index in [1.165, 1.54) is 5.69 Å². The van der Waals surface area contributed by atoms with Crippen LogP contribution >= 0.6 is 11.8 Å². The summed E-state index contributed by atoms with van der Waals surface area (Å²) in [6, 6.07) is 18.2. The Bertz CT molecular complexity index is 697. The summed E-state index contributed by atoms with van der Waals surface area (Å²) in [7, 11) is 0. The van der Waals surface area contributed by atoms with Gasteiger partial charge in [-0.15, -0.1) is 11.8 Å². The maximum absolute atomic E-state index is 12.4. The summed E-state index contributed by atoms with van der Waals surface area (Å²) < 4.78 is 0. The molecule has 0 unspecified atom stereocenters. The van der Waals surface area contributed by atoms with E-state index in [0.717, 1.165) is 43.3 Å². The molecule has 1 N–H and O–H groups in total. The van der Waals surface area contributed by atoms with Crippen molar-refractivity contribution < 1.29 is 4.79 Å². The van der Waals surface area contributed by atoms with Gasteiger partial charge in [0, 0.05) is 42.4 Å². The molecule has 0 aliphatic carbocycles. The maximum Gasteiger partial charge on any atom is 0.237 e. The van der Waals surface area contributed by atoms with Crippen molar-refractivity contribution in [3.63, 3.8) is 0 Å². The van der Waals surface area contributed by atoms with Crippen LogP contribution in [0.25, 0.3) is 0 Å². The number of amides is 1. The highest BCUT2D eigenvalue weighted by atomic mass is 32.2. The number of thioether (sulfide) groups is 1. The minimum Gasteiger partial charge on any atom is -0.369 e. The molecule has 0 bridgehead atoms. The molecule has 1 heterocycles. The van der Waals surface area contributed by atoms with E-state index in [4.69, 9.17) is 0 Å². The number of carbonyl (C=O) groups excluding carboxylic acids is 1. The first-order chi connectivity index (χ1) is 12.7. The minimum atomic E-state index is -0.140. The lowest BCUT2D eigenvalue weighted by Crippen LogP contribution is -2.46. The van der Waals surface area contributed by atoms with E-state index >= 15 is 0 Å². The molecule has 1 aliphatic heterocycles. The van der Waals surface area contributed by atoms with Crippen molar-refractivity contribution in [3.05, 3.63) is 54.6 Å². The highest BCUT2D eigenvalue weighted by Crippen LogP contribution is 2.24. The van der Waals surface area contributed by atoms with Gasteiger partial charge in [-0.1, -0.05) is 25.1 Å². The average Bonchev–Trinajstić information content (AvgIpc) is 2.69. The number of carbonyl (C=O) groups is 1. The molecular formula is C21H27N3OS. The molecule has 138 valence electrons. The zero-order valence-electron chi connectivity index (χ0n) is 15.5. The van der Waals surface area contributed by atoms with Gasteiger partial charge in [-0.05, 0) is 49.9 Å². The van der Waals surface area contributed by atoms with Gasteiger partial charge in [0.2, 0.25) is 5.91 Å². The third-order valence-corrected chi connectivity index (χ3v) is 5.86. The van der Waals surface area contributed by atoms with Crippen LogP contribution in [-0.4, -0.2) is 48.8 Å². The Morgan fingerprint density at radius 3 is 2.31 bits per heavy atom. The normalized spacial score (nSPS) is 16.3. The molecule has 2 aromatic carbocycles.